The fourth-order valence-electron chi connectivity index (χ4n) is 3.66. The Hall–Kier alpha value is -2.16. The molecule has 1 aromatic heterocycles. The Morgan fingerprint density at radius 3 is 2.89 bits per heavy atom. The van der Waals surface area contributed by atoms with Gasteiger partial charge in [0, 0.05) is 24.6 Å². The molecular weight excluding hydrogens is 389 g/mol. The first kappa shape index (κ1) is 20.6. The van der Waals surface area contributed by atoms with Crippen LogP contribution in [-0.4, -0.2) is 32.9 Å². The molecule has 0 radical (unpaired) electrons. The summed E-state index contributed by atoms with van der Waals surface area (Å²) in [5.41, 5.74) is 1.96. The fourth-order valence-corrected chi connectivity index (χ4v) is 3.88. The topological polar surface area (TPSA) is 62.7 Å². The molecule has 1 aromatic carbocycles. The number of benzene rings is 1. The molecule has 1 saturated carbocycles. The molecule has 1 amide bonds. The molecule has 0 unspecified atom stereocenters. The average molecular weight is 412 g/mol. The van der Waals surface area contributed by atoms with E-state index in [9.17, 15) is 18.0 Å². The van der Waals surface area contributed by atoms with E-state index in [1.165, 1.54) is 0 Å². The Balaban J connectivity index is 1.61. The lowest BCUT2D eigenvalue weighted by Gasteiger charge is -2.31. The highest BCUT2D eigenvalue weighted by Crippen LogP contribution is 2.37. The van der Waals surface area contributed by atoms with Gasteiger partial charge in [-0.2, -0.15) is 18.3 Å². The summed E-state index contributed by atoms with van der Waals surface area (Å²) in [6, 6.07) is 7.34. The van der Waals surface area contributed by atoms with E-state index >= 15 is 0 Å². The molecule has 0 saturated heterocycles. The zero-order valence-corrected chi connectivity index (χ0v) is 16.4. The van der Waals surface area contributed by atoms with Gasteiger partial charge in [0.25, 0.3) is 0 Å². The first-order valence-corrected chi connectivity index (χ1v) is 9.73. The van der Waals surface area contributed by atoms with Crippen LogP contribution in [0.1, 0.15) is 37.7 Å². The maximum absolute atomic E-state index is 12.9. The standard InChI is InChI=1S/C19H23F3N4OS/c1-12-4-2-5-13(10-12)17-24-25-18(28)26(17)9-8-16(27)23-15-7-3-6-14(11-15)19(20,21)22/h2,4-5,10,14-15H,3,6-9,11H2,1H3,(H,23,27)(H,25,28)/t14-,15-/m0/s1. The number of rotatable bonds is 5. The number of aromatic amines is 1. The van der Waals surface area contributed by atoms with E-state index in [1.54, 1.807) is 4.57 Å². The van der Waals surface area contributed by atoms with Crippen LogP contribution < -0.4 is 5.32 Å². The maximum Gasteiger partial charge on any atom is 0.391 e. The molecule has 152 valence electrons. The number of amides is 1. The van der Waals surface area contributed by atoms with E-state index in [2.05, 4.69) is 15.5 Å². The zero-order valence-electron chi connectivity index (χ0n) is 15.6. The highest BCUT2D eigenvalue weighted by atomic mass is 32.1. The summed E-state index contributed by atoms with van der Waals surface area (Å²) >= 11 is 5.26. The summed E-state index contributed by atoms with van der Waals surface area (Å²) in [5.74, 6) is -0.968. The van der Waals surface area contributed by atoms with E-state index in [-0.39, 0.29) is 25.2 Å². The predicted molar refractivity (Wildman–Crippen MR) is 102 cm³/mol. The maximum atomic E-state index is 12.9. The first-order valence-electron chi connectivity index (χ1n) is 9.32. The minimum atomic E-state index is -4.20. The van der Waals surface area contributed by atoms with Gasteiger partial charge in [0.1, 0.15) is 0 Å². The van der Waals surface area contributed by atoms with Crippen molar-refractivity contribution < 1.29 is 18.0 Å². The smallest absolute Gasteiger partial charge is 0.353 e. The molecule has 2 atom stereocenters. The number of hydrogen-bond donors (Lipinski definition) is 2. The molecule has 28 heavy (non-hydrogen) atoms. The normalized spacial score (nSPS) is 20.1. The van der Waals surface area contributed by atoms with E-state index in [0.29, 0.717) is 30.0 Å². The molecule has 9 heteroatoms. The van der Waals surface area contributed by atoms with Crippen molar-refractivity contribution >= 4 is 18.1 Å². The number of nitrogens with one attached hydrogen (secondary N) is 2. The first-order chi connectivity index (χ1) is 13.2. The van der Waals surface area contributed by atoms with Crippen molar-refractivity contribution in [3.63, 3.8) is 0 Å². The number of halogens is 3. The monoisotopic (exact) mass is 412 g/mol. The lowest BCUT2D eigenvalue weighted by molar-refractivity contribution is -0.184. The van der Waals surface area contributed by atoms with Gasteiger partial charge in [0.2, 0.25) is 5.91 Å². The average Bonchev–Trinajstić information content (AvgIpc) is 3.00. The summed E-state index contributed by atoms with van der Waals surface area (Å²) < 4.78 is 40.9. The van der Waals surface area contributed by atoms with Crippen molar-refractivity contribution in [1.29, 1.82) is 0 Å². The molecule has 5 nitrogen and oxygen atoms in total. The van der Waals surface area contributed by atoms with Gasteiger partial charge in [-0.25, -0.2) is 0 Å². The van der Waals surface area contributed by atoms with Crippen LogP contribution in [0.5, 0.6) is 0 Å². The van der Waals surface area contributed by atoms with Crippen LogP contribution in [0.25, 0.3) is 11.4 Å². The van der Waals surface area contributed by atoms with Crippen LogP contribution in [0, 0.1) is 17.6 Å². The van der Waals surface area contributed by atoms with Crippen LogP contribution in [0.2, 0.25) is 0 Å². The quantitative estimate of drug-likeness (QED) is 0.709. The molecule has 1 aliphatic rings. The fraction of sp³-hybridized carbons (Fsp3) is 0.526. The molecule has 1 aliphatic carbocycles. The second-order valence-electron chi connectivity index (χ2n) is 7.29. The van der Waals surface area contributed by atoms with Crippen LogP contribution in [0.15, 0.2) is 24.3 Å². The number of hydrogen-bond acceptors (Lipinski definition) is 3. The summed E-state index contributed by atoms with van der Waals surface area (Å²) in [6.45, 7) is 2.28. The van der Waals surface area contributed by atoms with Crippen LogP contribution in [0.4, 0.5) is 13.2 Å². The molecule has 2 aromatic rings. The van der Waals surface area contributed by atoms with E-state index < -0.39 is 18.1 Å². The minimum absolute atomic E-state index is 0.0467. The molecule has 1 fully saturated rings. The Morgan fingerprint density at radius 1 is 1.39 bits per heavy atom. The Morgan fingerprint density at radius 2 is 2.18 bits per heavy atom. The van der Waals surface area contributed by atoms with Crippen LogP contribution in [0.3, 0.4) is 0 Å². The molecule has 3 rings (SSSR count). The van der Waals surface area contributed by atoms with Gasteiger partial charge in [0.05, 0.1) is 5.92 Å². The molecule has 0 bridgehead atoms. The van der Waals surface area contributed by atoms with Crippen molar-refractivity contribution in [3.8, 4) is 11.4 Å². The number of aryl methyl sites for hydroxylation is 1. The minimum Gasteiger partial charge on any atom is -0.353 e. The van der Waals surface area contributed by atoms with Crippen LogP contribution in [-0.2, 0) is 11.3 Å². The van der Waals surface area contributed by atoms with Gasteiger partial charge in [-0.05, 0) is 44.5 Å². The summed E-state index contributed by atoms with van der Waals surface area (Å²) in [6.07, 6.45) is -2.93. The summed E-state index contributed by atoms with van der Waals surface area (Å²) in [7, 11) is 0. The highest BCUT2D eigenvalue weighted by molar-refractivity contribution is 7.71. The van der Waals surface area contributed by atoms with E-state index in [0.717, 1.165) is 11.1 Å². The molecule has 0 spiro atoms. The number of carbonyl (C=O) groups excluding carboxylic acids is 1. The number of carbonyl (C=O) groups is 1. The van der Waals surface area contributed by atoms with Gasteiger partial charge in [-0.1, -0.05) is 30.2 Å². The third-order valence-corrected chi connectivity index (χ3v) is 5.41. The van der Waals surface area contributed by atoms with Crippen molar-refractivity contribution in [2.75, 3.05) is 0 Å². The molecular formula is C19H23F3N4OS. The van der Waals surface area contributed by atoms with Gasteiger partial charge in [-0.3, -0.25) is 14.5 Å². The zero-order chi connectivity index (χ0) is 20.3. The van der Waals surface area contributed by atoms with Gasteiger partial charge < -0.3 is 5.32 Å². The molecule has 0 aliphatic heterocycles. The van der Waals surface area contributed by atoms with Gasteiger partial charge in [0.15, 0.2) is 10.6 Å². The van der Waals surface area contributed by atoms with Crippen molar-refractivity contribution in [2.24, 2.45) is 5.92 Å². The number of nitrogens with zero attached hydrogens (tertiary/aromatic N) is 2. The number of aromatic nitrogens is 3. The highest BCUT2D eigenvalue weighted by Gasteiger charge is 2.42. The predicted octanol–water partition coefficient (Wildman–Crippen LogP) is 4.54. The van der Waals surface area contributed by atoms with E-state index in [1.807, 2.05) is 31.2 Å². The largest absolute Gasteiger partial charge is 0.391 e. The van der Waals surface area contributed by atoms with Crippen molar-refractivity contribution in [2.45, 2.75) is 57.8 Å². The molecule has 2 N–H and O–H groups in total. The second-order valence-corrected chi connectivity index (χ2v) is 7.68. The van der Waals surface area contributed by atoms with Crippen LogP contribution >= 0.6 is 12.2 Å². The Kier molecular flexibility index (Phi) is 6.22. The number of H-pyrrole nitrogens is 1. The van der Waals surface area contributed by atoms with E-state index in [4.69, 9.17) is 12.2 Å². The third-order valence-electron chi connectivity index (χ3n) is 5.10. The molecule has 1 heterocycles. The van der Waals surface area contributed by atoms with Gasteiger partial charge in [-0.15, -0.1) is 0 Å². The van der Waals surface area contributed by atoms with Gasteiger partial charge >= 0.3 is 6.18 Å². The number of alkyl halides is 3. The Labute approximate surface area is 166 Å². The summed E-state index contributed by atoms with van der Waals surface area (Å²) in [5, 5.41) is 9.74. The lowest BCUT2D eigenvalue weighted by atomic mass is 9.85. The SMILES string of the molecule is Cc1cccc(-c2n[nH]c(=S)n2CCC(=O)N[C@H]2CCC[C@H](C(F)(F)F)C2)c1. The Bertz CT molecular complexity index is 890. The summed E-state index contributed by atoms with van der Waals surface area (Å²) in [4.78, 5) is 12.3. The van der Waals surface area contributed by atoms with Crippen molar-refractivity contribution in [1.82, 2.24) is 20.1 Å². The lowest BCUT2D eigenvalue weighted by Crippen LogP contribution is -2.41. The van der Waals surface area contributed by atoms with Crippen molar-refractivity contribution in [3.05, 3.63) is 34.6 Å². The second kappa shape index (κ2) is 8.46. The third kappa shape index (κ3) is 5.01.